The highest BCUT2D eigenvalue weighted by molar-refractivity contribution is 7.12. The minimum absolute atomic E-state index is 0.0370. The number of thiophene rings is 1. The number of nitrogens with two attached hydrogens (primary N) is 1. The lowest BCUT2D eigenvalue weighted by Crippen LogP contribution is -2.49. The first-order chi connectivity index (χ1) is 8.82. The Kier molecular flexibility index (Phi) is 4.87. The van der Waals surface area contributed by atoms with Gasteiger partial charge < -0.3 is 21.5 Å². The molecule has 0 fully saturated rings. The number of amides is 3. The Morgan fingerprint density at radius 3 is 2.47 bits per heavy atom. The summed E-state index contributed by atoms with van der Waals surface area (Å²) >= 11 is 1.01. The van der Waals surface area contributed by atoms with Gasteiger partial charge in [0.1, 0.15) is 10.9 Å². The fraction of sp³-hybridized carbons (Fsp3) is 0.364. The summed E-state index contributed by atoms with van der Waals surface area (Å²) in [5, 5.41) is 15.3. The average Bonchev–Trinajstić information content (AvgIpc) is 2.73. The molecule has 1 heterocycles. The molecule has 5 N–H and O–H groups in total. The molecule has 0 aliphatic heterocycles. The zero-order valence-corrected chi connectivity index (χ0v) is 11.3. The molecule has 0 aromatic carbocycles. The Morgan fingerprint density at radius 2 is 2.00 bits per heavy atom. The van der Waals surface area contributed by atoms with Gasteiger partial charge in [-0.15, -0.1) is 11.3 Å². The summed E-state index contributed by atoms with van der Waals surface area (Å²) in [5.74, 6) is -1.80. The molecule has 3 amide bonds. The maximum Gasteiger partial charge on any atom is 0.348 e. The summed E-state index contributed by atoms with van der Waals surface area (Å²) in [6, 6.07) is -0.134. The summed E-state index contributed by atoms with van der Waals surface area (Å²) in [4.78, 5) is 33.8. The molecule has 1 atom stereocenters. The van der Waals surface area contributed by atoms with E-state index in [0.29, 0.717) is 0 Å². The highest BCUT2D eigenvalue weighted by Crippen LogP contribution is 2.22. The maximum absolute atomic E-state index is 12.0. The SMILES string of the molecule is CC(C)C(NC(N)=O)C(=O)Nc1ccsc1C(=O)O. The lowest BCUT2D eigenvalue weighted by atomic mass is 10.0. The Labute approximate surface area is 113 Å². The predicted molar refractivity (Wildman–Crippen MR) is 71.3 cm³/mol. The van der Waals surface area contributed by atoms with E-state index in [2.05, 4.69) is 10.6 Å². The van der Waals surface area contributed by atoms with Crippen molar-refractivity contribution < 1.29 is 19.5 Å². The van der Waals surface area contributed by atoms with E-state index in [1.165, 1.54) is 6.07 Å². The van der Waals surface area contributed by atoms with E-state index >= 15 is 0 Å². The topological polar surface area (TPSA) is 122 Å². The van der Waals surface area contributed by atoms with E-state index in [1.54, 1.807) is 19.2 Å². The number of aromatic carboxylic acids is 1. The van der Waals surface area contributed by atoms with Gasteiger partial charge in [0, 0.05) is 0 Å². The largest absolute Gasteiger partial charge is 0.477 e. The normalized spacial score (nSPS) is 11.9. The number of hydrogen-bond donors (Lipinski definition) is 4. The Bertz CT molecular complexity index is 498. The molecule has 19 heavy (non-hydrogen) atoms. The molecule has 0 radical (unpaired) electrons. The van der Waals surface area contributed by atoms with Gasteiger partial charge in [-0.3, -0.25) is 4.79 Å². The predicted octanol–water partition coefficient (Wildman–Crippen LogP) is 1.08. The lowest BCUT2D eigenvalue weighted by molar-refractivity contribution is -0.118. The molecule has 0 aliphatic rings. The Balaban J connectivity index is 2.84. The number of urea groups is 1. The standard InChI is InChI=1S/C11H15N3O4S/c1-5(2)7(14-11(12)18)9(15)13-6-3-4-19-8(6)10(16)17/h3-5,7H,1-2H3,(H,13,15)(H,16,17)(H3,12,14,18). The number of anilines is 1. The van der Waals surface area contributed by atoms with Gasteiger partial charge in [0.2, 0.25) is 5.91 Å². The van der Waals surface area contributed by atoms with E-state index in [4.69, 9.17) is 10.8 Å². The highest BCUT2D eigenvalue weighted by atomic mass is 32.1. The third-order valence-corrected chi connectivity index (χ3v) is 3.27. The van der Waals surface area contributed by atoms with E-state index < -0.39 is 23.9 Å². The minimum atomic E-state index is -1.12. The molecule has 1 rings (SSSR count). The third kappa shape index (κ3) is 3.95. The monoisotopic (exact) mass is 285 g/mol. The van der Waals surface area contributed by atoms with E-state index in [0.717, 1.165) is 11.3 Å². The second-order valence-electron chi connectivity index (χ2n) is 4.19. The van der Waals surface area contributed by atoms with Gasteiger partial charge in [-0.2, -0.15) is 0 Å². The third-order valence-electron chi connectivity index (χ3n) is 2.36. The van der Waals surface area contributed by atoms with Crippen LogP contribution < -0.4 is 16.4 Å². The molecular formula is C11H15N3O4S. The molecule has 0 aliphatic carbocycles. The molecule has 1 unspecified atom stereocenters. The van der Waals surface area contributed by atoms with Gasteiger partial charge >= 0.3 is 12.0 Å². The molecular weight excluding hydrogens is 270 g/mol. The van der Waals surface area contributed by atoms with Crippen LogP contribution in [0, 0.1) is 5.92 Å². The smallest absolute Gasteiger partial charge is 0.348 e. The number of hydrogen-bond acceptors (Lipinski definition) is 4. The highest BCUT2D eigenvalue weighted by Gasteiger charge is 2.25. The number of carbonyl (C=O) groups excluding carboxylic acids is 2. The van der Waals surface area contributed by atoms with Crippen molar-refractivity contribution in [2.24, 2.45) is 11.7 Å². The van der Waals surface area contributed by atoms with Crippen molar-refractivity contribution in [1.82, 2.24) is 5.32 Å². The van der Waals surface area contributed by atoms with Gasteiger partial charge in [0.15, 0.2) is 0 Å². The lowest BCUT2D eigenvalue weighted by Gasteiger charge is -2.20. The fourth-order valence-electron chi connectivity index (χ4n) is 1.47. The summed E-state index contributed by atoms with van der Waals surface area (Å²) in [7, 11) is 0. The number of carbonyl (C=O) groups is 3. The minimum Gasteiger partial charge on any atom is -0.477 e. The molecule has 104 valence electrons. The molecule has 0 bridgehead atoms. The van der Waals surface area contributed by atoms with Crippen molar-refractivity contribution in [1.29, 1.82) is 0 Å². The van der Waals surface area contributed by atoms with Crippen LogP contribution in [-0.4, -0.2) is 29.1 Å². The van der Waals surface area contributed by atoms with Crippen molar-refractivity contribution in [2.45, 2.75) is 19.9 Å². The van der Waals surface area contributed by atoms with Crippen molar-refractivity contribution in [3.63, 3.8) is 0 Å². The zero-order chi connectivity index (χ0) is 14.6. The first-order valence-electron chi connectivity index (χ1n) is 5.50. The van der Waals surface area contributed by atoms with Crippen LogP contribution in [0.2, 0.25) is 0 Å². The molecule has 0 saturated heterocycles. The first-order valence-corrected chi connectivity index (χ1v) is 6.38. The van der Waals surface area contributed by atoms with Crippen LogP contribution in [0.5, 0.6) is 0 Å². The number of carboxylic acids is 1. The van der Waals surface area contributed by atoms with Crippen molar-refractivity contribution in [2.75, 3.05) is 5.32 Å². The quantitative estimate of drug-likeness (QED) is 0.646. The van der Waals surface area contributed by atoms with Crippen LogP contribution in [-0.2, 0) is 4.79 Å². The van der Waals surface area contributed by atoms with Crippen LogP contribution in [0.3, 0.4) is 0 Å². The number of nitrogens with one attached hydrogen (secondary N) is 2. The zero-order valence-electron chi connectivity index (χ0n) is 10.5. The average molecular weight is 285 g/mol. The Hall–Kier alpha value is -2.09. The molecule has 0 spiro atoms. The fourth-order valence-corrected chi connectivity index (χ4v) is 2.16. The summed E-state index contributed by atoms with van der Waals surface area (Å²) in [5.41, 5.74) is 5.21. The van der Waals surface area contributed by atoms with Crippen LogP contribution in [0.15, 0.2) is 11.4 Å². The van der Waals surface area contributed by atoms with Gasteiger partial charge in [-0.05, 0) is 17.4 Å². The van der Waals surface area contributed by atoms with Crippen molar-refractivity contribution >= 4 is 34.9 Å². The van der Waals surface area contributed by atoms with Crippen molar-refractivity contribution in [3.8, 4) is 0 Å². The summed E-state index contributed by atoms with van der Waals surface area (Å²) in [6.07, 6.45) is 0. The summed E-state index contributed by atoms with van der Waals surface area (Å²) < 4.78 is 0. The molecule has 1 aromatic rings. The number of carboxylic acid groups (broad SMARTS) is 1. The van der Waals surface area contributed by atoms with Gasteiger partial charge in [0.25, 0.3) is 0 Å². The van der Waals surface area contributed by atoms with Crippen molar-refractivity contribution in [3.05, 3.63) is 16.3 Å². The van der Waals surface area contributed by atoms with Gasteiger partial charge in [-0.25, -0.2) is 9.59 Å². The van der Waals surface area contributed by atoms with Gasteiger partial charge in [-0.1, -0.05) is 13.8 Å². The maximum atomic E-state index is 12.0. The molecule has 7 nitrogen and oxygen atoms in total. The van der Waals surface area contributed by atoms with E-state index in [9.17, 15) is 14.4 Å². The second kappa shape index (κ2) is 6.19. The first kappa shape index (κ1) is 15.0. The van der Waals surface area contributed by atoms with Gasteiger partial charge in [0.05, 0.1) is 5.69 Å². The van der Waals surface area contributed by atoms with Crippen LogP contribution in [0.25, 0.3) is 0 Å². The second-order valence-corrected chi connectivity index (χ2v) is 5.10. The molecule has 8 heteroatoms. The summed E-state index contributed by atoms with van der Waals surface area (Å²) in [6.45, 7) is 3.48. The molecule has 1 aromatic heterocycles. The number of primary amides is 1. The molecule has 0 saturated carbocycles. The Morgan fingerprint density at radius 1 is 1.37 bits per heavy atom. The van der Waals surface area contributed by atoms with Crippen LogP contribution in [0.1, 0.15) is 23.5 Å². The van der Waals surface area contributed by atoms with E-state index in [1.807, 2.05) is 0 Å². The number of rotatable bonds is 5. The van der Waals surface area contributed by atoms with Crippen LogP contribution in [0.4, 0.5) is 10.5 Å². The van der Waals surface area contributed by atoms with E-state index in [-0.39, 0.29) is 16.5 Å². The van der Waals surface area contributed by atoms with Crippen LogP contribution >= 0.6 is 11.3 Å².